The summed E-state index contributed by atoms with van der Waals surface area (Å²) in [7, 11) is 0.790. The monoisotopic (exact) mass is 462 g/mol. The van der Waals surface area contributed by atoms with Crippen LogP contribution in [-0.4, -0.2) is 35.0 Å². The Morgan fingerprint density at radius 3 is 2.15 bits per heavy atom. The van der Waals surface area contributed by atoms with Gasteiger partial charge in [-0.05, 0) is 28.1 Å². The van der Waals surface area contributed by atoms with Crippen LogP contribution < -0.4 is 0 Å². The number of esters is 1. The van der Waals surface area contributed by atoms with E-state index in [1.54, 1.807) is 4.98 Å². The van der Waals surface area contributed by atoms with Gasteiger partial charge in [0.15, 0.2) is 5.69 Å². The largest absolute Gasteiger partial charge is 0.465 e. The first kappa shape index (κ1) is 20.9. The molecule has 0 atom stereocenters. The van der Waals surface area contributed by atoms with Gasteiger partial charge in [-0.25, -0.2) is 14.2 Å². The van der Waals surface area contributed by atoms with Gasteiger partial charge in [-0.1, -0.05) is 0 Å². The molecule has 1 N–H and O–H groups in total. The second-order valence-electron chi connectivity index (χ2n) is 4.95. The van der Waals surface area contributed by atoms with Gasteiger partial charge in [-0.2, -0.15) is 26.3 Å². The Balaban J connectivity index is 2.71. The first-order chi connectivity index (χ1) is 12.3. The van der Waals surface area contributed by atoms with Crippen molar-refractivity contribution in [1.82, 2.24) is 9.97 Å². The molecule has 0 amide bonds. The fraction of sp³-hybridized carbons (Fsp3) is 0.214. The van der Waals surface area contributed by atoms with Gasteiger partial charge in [-0.3, -0.25) is 4.79 Å². The second kappa shape index (κ2) is 6.94. The molecule has 2 rings (SSSR count). The zero-order chi connectivity index (χ0) is 20.7. The maximum absolute atomic E-state index is 14.2. The minimum atomic E-state index is -5.42. The van der Waals surface area contributed by atoms with Crippen LogP contribution >= 0.6 is 15.9 Å². The molecule has 0 aliphatic heterocycles. The summed E-state index contributed by atoms with van der Waals surface area (Å²) in [6.45, 7) is 0. The number of ketones is 1. The molecule has 27 heavy (non-hydrogen) atoms. The highest BCUT2D eigenvalue weighted by Gasteiger charge is 2.42. The van der Waals surface area contributed by atoms with Crippen molar-refractivity contribution in [2.45, 2.75) is 12.4 Å². The molecular formula is C14H6BrF7N2O3. The van der Waals surface area contributed by atoms with Crippen LogP contribution in [0.5, 0.6) is 0 Å². The summed E-state index contributed by atoms with van der Waals surface area (Å²) in [4.78, 5) is 28.3. The Bertz CT molecular complexity index is 919. The van der Waals surface area contributed by atoms with Gasteiger partial charge in [0.05, 0.1) is 18.2 Å². The average molecular weight is 463 g/mol. The normalized spacial score (nSPS) is 12.2. The zero-order valence-corrected chi connectivity index (χ0v) is 14.4. The number of aromatic nitrogens is 2. The number of Topliss-reactive ketones (excluding diaryl/α,β-unsaturated/α-hetero) is 1. The number of carbonyl (C=O) groups is 2. The molecule has 2 aromatic rings. The SMILES string of the molecule is COC(=O)c1cc(-c2nc(Br)c(C(F)(F)F)[nH]2)c(F)cc1C(=O)C(F)(F)F. The Hall–Kier alpha value is -2.44. The molecule has 0 unspecified atom stereocenters. The Labute approximate surface area is 153 Å². The number of nitrogens with zero attached hydrogens (tertiary/aromatic N) is 1. The van der Waals surface area contributed by atoms with E-state index in [-0.39, 0.29) is 6.07 Å². The maximum atomic E-state index is 14.2. The minimum absolute atomic E-state index is 0.0844. The van der Waals surface area contributed by atoms with E-state index in [0.717, 1.165) is 7.11 Å². The van der Waals surface area contributed by atoms with E-state index < -0.39 is 62.7 Å². The minimum Gasteiger partial charge on any atom is -0.465 e. The first-order valence-corrected chi connectivity index (χ1v) is 7.43. The smallest absolute Gasteiger partial charge is 0.454 e. The van der Waals surface area contributed by atoms with Crippen LogP contribution in [0.1, 0.15) is 26.4 Å². The van der Waals surface area contributed by atoms with Crippen LogP contribution in [0.4, 0.5) is 30.7 Å². The lowest BCUT2D eigenvalue weighted by atomic mass is 9.99. The molecule has 1 heterocycles. The number of nitrogens with one attached hydrogen (secondary N) is 1. The van der Waals surface area contributed by atoms with Crippen molar-refractivity contribution in [2.24, 2.45) is 0 Å². The number of H-pyrrole nitrogens is 1. The quantitative estimate of drug-likeness (QED) is 0.413. The Kier molecular flexibility index (Phi) is 5.37. The van der Waals surface area contributed by atoms with E-state index in [2.05, 4.69) is 25.7 Å². The number of imidazole rings is 1. The number of carbonyl (C=O) groups excluding carboxylic acids is 2. The molecule has 0 spiro atoms. The van der Waals surface area contributed by atoms with Crippen molar-refractivity contribution in [3.8, 4) is 11.4 Å². The molecular weight excluding hydrogens is 457 g/mol. The van der Waals surface area contributed by atoms with Crippen molar-refractivity contribution >= 4 is 27.7 Å². The topological polar surface area (TPSA) is 72.0 Å². The third-order valence-electron chi connectivity index (χ3n) is 3.21. The van der Waals surface area contributed by atoms with Crippen LogP contribution in [-0.2, 0) is 10.9 Å². The number of alkyl halides is 6. The number of hydrogen-bond donors (Lipinski definition) is 1. The molecule has 0 aliphatic carbocycles. The fourth-order valence-corrected chi connectivity index (χ4v) is 2.54. The van der Waals surface area contributed by atoms with Gasteiger partial charge < -0.3 is 9.72 Å². The highest BCUT2D eigenvalue weighted by molar-refractivity contribution is 9.10. The van der Waals surface area contributed by atoms with Gasteiger partial charge in [0.2, 0.25) is 0 Å². The molecule has 1 aromatic carbocycles. The third-order valence-corrected chi connectivity index (χ3v) is 3.79. The first-order valence-electron chi connectivity index (χ1n) is 6.63. The van der Waals surface area contributed by atoms with E-state index in [1.165, 1.54) is 0 Å². The van der Waals surface area contributed by atoms with Gasteiger partial charge in [0, 0.05) is 5.56 Å². The molecule has 0 radical (unpaired) electrons. The molecule has 5 nitrogen and oxygen atoms in total. The lowest BCUT2D eigenvalue weighted by Gasteiger charge is -2.11. The maximum Gasteiger partial charge on any atom is 0.454 e. The predicted molar refractivity (Wildman–Crippen MR) is 78.4 cm³/mol. The van der Waals surface area contributed by atoms with E-state index >= 15 is 0 Å². The van der Waals surface area contributed by atoms with Crippen molar-refractivity contribution in [2.75, 3.05) is 7.11 Å². The summed E-state index contributed by atoms with van der Waals surface area (Å²) < 4.78 is 94.1. The predicted octanol–water partition coefficient (Wildman–Crippen LogP) is 4.53. The summed E-state index contributed by atoms with van der Waals surface area (Å²) in [5.41, 5.74) is -4.49. The molecule has 146 valence electrons. The lowest BCUT2D eigenvalue weighted by Crippen LogP contribution is -2.25. The van der Waals surface area contributed by atoms with E-state index in [0.29, 0.717) is 6.07 Å². The zero-order valence-electron chi connectivity index (χ0n) is 12.9. The van der Waals surface area contributed by atoms with E-state index in [1.807, 2.05) is 0 Å². The highest BCUT2D eigenvalue weighted by Crippen LogP contribution is 2.36. The van der Waals surface area contributed by atoms with Crippen molar-refractivity contribution in [3.05, 3.63) is 39.4 Å². The molecule has 0 fully saturated rings. The van der Waals surface area contributed by atoms with E-state index in [4.69, 9.17) is 0 Å². The molecule has 0 saturated carbocycles. The number of aromatic amines is 1. The Morgan fingerprint density at radius 2 is 1.70 bits per heavy atom. The van der Waals surface area contributed by atoms with Crippen LogP contribution in [0.15, 0.2) is 16.7 Å². The molecule has 1 aromatic heterocycles. The van der Waals surface area contributed by atoms with E-state index in [9.17, 15) is 40.3 Å². The van der Waals surface area contributed by atoms with Crippen LogP contribution in [0.2, 0.25) is 0 Å². The van der Waals surface area contributed by atoms with Crippen molar-refractivity contribution in [3.63, 3.8) is 0 Å². The van der Waals surface area contributed by atoms with Crippen LogP contribution in [0.3, 0.4) is 0 Å². The number of hydrogen-bond acceptors (Lipinski definition) is 4. The molecule has 0 bridgehead atoms. The fourth-order valence-electron chi connectivity index (χ4n) is 2.04. The summed E-state index contributed by atoms with van der Waals surface area (Å²) >= 11 is 2.52. The number of benzene rings is 1. The highest BCUT2D eigenvalue weighted by atomic mass is 79.9. The standard InChI is InChI=1S/C14H6BrF7N2O3/c1-27-12(26)5-2-6(7(16)3-4(5)9(25)14(20,21)22)11-23-8(10(15)24-11)13(17,18)19/h2-3H,1H3,(H,23,24). The van der Waals surface area contributed by atoms with Gasteiger partial charge >= 0.3 is 18.3 Å². The number of methoxy groups -OCH3 is 1. The van der Waals surface area contributed by atoms with Crippen LogP contribution in [0.25, 0.3) is 11.4 Å². The summed E-state index contributed by atoms with van der Waals surface area (Å²) in [5, 5.41) is 0. The number of rotatable bonds is 3. The Morgan fingerprint density at radius 1 is 1.11 bits per heavy atom. The summed E-state index contributed by atoms with van der Waals surface area (Å²) in [6.07, 6.45) is -10.3. The van der Waals surface area contributed by atoms with Crippen LogP contribution in [0, 0.1) is 5.82 Å². The van der Waals surface area contributed by atoms with Gasteiger partial charge in [0.1, 0.15) is 16.2 Å². The summed E-state index contributed by atoms with van der Waals surface area (Å²) in [6, 6.07) is 0.534. The van der Waals surface area contributed by atoms with Crippen molar-refractivity contribution in [1.29, 1.82) is 0 Å². The lowest BCUT2D eigenvalue weighted by molar-refractivity contribution is -0.141. The second-order valence-corrected chi connectivity index (χ2v) is 5.70. The number of halogens is 8. The third kappa shape index (κ3) is 4.12. The molecule has 0 aliphatic rings. The average Bonchev–Trinajstić information content (AvgIpc) is 2.94. The van der Waals surface area contributed by atoms with Crippen molar-refractivity contribution < 1.29 is 45.1 Å². The number of ether oxygens (including phenoxy) is 1. The van der Waals surface area contributed by atoms with Gasteiger partial charge in [0.25, 0.3) is 5.78 Å². The molecule has 0 saturated heterocycles. The molecule has 13 heteroatoms. The summed E-state index contributed by atoms with van der Waals surface area (Å²) in [5.74, 6) is -6.19. The van der Waals surface area contributed by atoms with Gasteiger partial charge in [-0.15, -0.1) is 0 Å².